The highest BCUT2D eigenvalue weighted by Crippen LogP contribution is 2.34. The number of carboxylic acids is 1. The predicted octanol–water partition coefficient (Wildman–Crippen LogP) is 0.987. The molecule has 5 nitrogen and oxygen atoms in total. The molecule has 0 aliphatic carbocycles. The molecule has 0 spiro atoms. The van der Waals surface area contributed by atoms with Gasteiger partial charge in [0.15, 0.2) is 5.78 Å². The normalized spacial score (nSPS) is 22.8. The molecule has 1 atom stereocenters. The molecule has 90 valence electrons. The summed E-state index contributed by atoms with van der Waals surface area (Å²) in [7, 11) is 0. The molecule has 0 saturated heterocycles. The highest BCUT2D eigenvalue weighted by molar-refractivity contribution is 6.02. The lowest BCUT2D eigenvalue weighted by Crippen LogP contribution is -2.39. The Morgan fingerprint density at radius 3 is 2.88 bits per heavy atom. The maximum absolute atomic E-state index is 11.9. The number of aliphatic hydroxyl groups is 1. The second-order valence-electron chi connectivity index (χ2n) is 4.24. The number of benzene rings is 1. The van der Waals surface area contributed by atoms with Crippen molar-refractivity contribution < 1.29 is 24.5 Å². The van der Waals surface area contributed by atoms with E-state index >= 15 is 0 Å². The van der Waals surface area contributed by atoms with E-state index < -0.39 is 11.8 Å². The molecule has 1 heterocycles. The molecular weight excluding hydrogens is 224 g/mol. The lowest BCUT2D eigenvalue weighted by molar-refractivity contribution is -0.136. The molecule has 2 rings (SSSR count). The van der Waals surface area contributed by atoms with Gasteiger partial charge in [0.05, 0.1) is 18.4 Å². The predicted molar refractivity (Wildman–Crippen MR) is 58.0 cm³/mol. The molecule has 0 amide bonds. The second kappa shape index (κ2) is 3.85. The highest BCUT2D eigenvalue weighted by atomic mass is 16.6. The minimum absolute atomic E-state index is 0.170. The third-order valence-electron chi connectivity index (χ3n) is 2.55. The number of hydrogen-bond acceptors (Lipinski definition) is 4. The third kappa shape index (κ3) is 2.29. The van der Waals surface area contributed by atoms with Crippen molar-refractivity contribution in [2.24, 2.45) is 0 Å². The van der Waals surface area contributed by atoms with Crippen molar-refractivity contribution in [3.05, 3.63) is 29.3 Å². The van der Waals surface area contributed by atoms with Crippen LogP contribution in [0.25, 0.3) is 0 Å². The van der Waals surface area contributed by atoms with Gasteiger partial charge < -0.3 is 14.9 Å². The zero-order valence-corrected chi connectivity index (χ0v) is 9.27. The number of ketones is 1. The molecule has 1 aliphatic rings. The topological polar surface area (TPSA) is 83.8 Å². The van der Waals surface area contributed by atoms with Crippen molar-refractivity contribution in [3.63, 3.8) is 0 Å². The molecule has 1 aliphatic heterocycles. The summed E-state index contributed by atoms with van der Waals surface area (Å²) in [5.74, 6) is -2.59. The van der Waals surface area contributed by atoms with Gasteiger partial charge in [-0.2, -0.15) is 0 Å². The molecule has 0 saturated carbocycles. The molecule has 0 bridgehead atoms. The van der Waals surface area contributed by atoms with Crippen LogP contribution in [-0.4, -0.2) is 27.8 Å². The molecular formula is C12H12O5. The van der Waals surface area contributed by atoms with Gasteiger partial charge in [0, 0.05) is 6.92 Å². The number of Topliss-reactive ketones (excluding diaryl/α,β-unsaturated/α-hetero) is 1. The van der Waals surface area contributed by atoms with Crippen molar-refractivity contribution in [2.75, 3.05) is 0 Å². The van der Waals surface area contributed by atoms with Gasteiger partial charge in [-0.3, -0.25) is 9.59 Å². The van der Waals surface area contributed by atoms with E-state index in [0.29, 0.717) is 5.56 Å². The first-order valence-corrected chi connectivity index (χ1v) is 5.17. The Kier molecular flexibility index (Phi) is 2.63. The Hall–Kier alpha value is -1.88. The summed E-state index contributed by atoms with van der Waals surface area (Å²) in [6.07, 6.45) is -0.406. The number of aliphatic carboxylic acids is 1. The Balaban J connectivity index is 2.48. The number of carboxylic acid groups (broad SMARTS) is 1. The van der Waals surface area contributed by atoms with E-state index in [9.17, 15) is 14.7 Å². The van der Waals surface area contributed by atoms with Gasteiger partial charge in [-0.25, -0.2) is 0 Å². The molecule has 0 unspecified atom stereocenters. The van der Waals surface area contributed by atoms with Crippen LogP contribution in [0, 0.1) is 0 Å². The summed E-state index contributed by atoms with van der Waals surface area (Å²) in [4.78, 5) is 22.6. The van der Waals surface area contributed by atoms with Crippen molar-refractivity contribution in [3.8, 4) is 5.75 Å². The van der Waals surface area contributed by atoms with Crippen LogP contribution in [0.5, 0.6) is 5.75 Å². The average Bonchev–Trinajstić information content (AvgIpc) is 2.13. The maximum atomic E-state index is 11.9. The van der Waals surface area contributed by atoms with E-state index in [2.05, 4.69) is 0 Å². The van der Waals surface area contributed by atoms with Gasteiger partial charge >= 0.3 is 5.97 Å². The maximum Gasteiger partial charge on any atom is 0.307 e. The molecule has 0 radical (unpaired) electrons. The number of fused-ring (bicyclic) bond motifs is 1. The summed E-state index contributed by atoms with van der Waals surface area (Å²) in [6, 6.07) is 4.73. The zero-order valence-electron chi connectivity index (χ0n) is 9.27. The fourth-order valence-corrected chi connectivity index (χ4v) is 1.95. The Bertz CT molecular complexity index is 490. The largest absolute Gasteiger partial charge is 0.481 e. The van der Waals surface area contributed by atoms with Crippen LogP contribution in [0.15, 0.2) is 18.2 Å². The van der Waals surface area contributed by atoms with E-state index in [4.69, 9.17) is 9.84 Å². The van der Waals surface area contributed by atoms with E-state index in [-0.39, 0.29) is 29.9 Å². The highest BCUT2D eigenvalue weighted by Gasteiger charge is 2.35. The minimum atomic E-state index is -1.52. The van der Waals surface area contributed by atoms with Crippen molar-refractivity contribution in [2.45, 2.75) is 25.6 Å². The van der Waals surface area contributed by atoms with E-state index in [0.717, 1.165) is 0 Å². The van der Waals surface area contributed by atoms with E-state index in [1.807, 2.05) is 0 Å². The summed E-state index contributed by atoms with van der Waals surface area (Å²) in [5.41, 5.74) is 0.678. The molecule has 0 fully saturated rings. The summed E-state index contributed by atoms with van der Waals surface area (Å²) in [5, 5.41) is 18.5. The van der Waals surface area contributed by atoms with Crippen LogP contribution in [-0.2, 0) is 11.2 Å². The number of carbonyl (C=O) groups excluding carboxylic acids is 1. The van der Waals surface area contributed by atoms with Crippen molar-refractivity contribution in [1.82, 2.24) is 0 Å². The molecule has 0 aromatic heterocycles. The quantitative estimate of drug-likeness (QED) is 0.799. The fourth-order valence-electron chi connectivity index (χ4n) is 1.95. The average molecular weight is 236 g/mol. The van der Waals surface area contributed by atoms with Crippen LogP contribution in [0.4, 0.5) is 0 Å². The van der Waals surface area contributed by atoms with Gasteiger partial charge in [-0.05, 0) is 11.6 Å². The van der Waals surface area contributed by atoms with Crippen molar-refractivity contribution >= 4 is 11.8 Å². The van der Waals surface area contributed by atoms with Crippen LogP contribution < -0.4 is 4.74 Å². The first kappa shape index (κ1) is 11.6. The van der Waals surface area contributed by atoms with E-state index in [1.165, 1.54) is 6.92 Å². The van der Waals surface area contributed by atoms with Crippen molar-refractivity contribution in [1.29, 1.82) is 0 Å². The number of rotatable bonds is 2. The number of carbonyl (C=O) groups is 2. The molecule has 1 aromatic rings. The van der Waals surface area contributed by atoms with Gasteiger partial charge in [-0.1, -0.05) is 12.1 Å². The standard InChI is InChI=1S/C12H12O5/c1-12(16)6-8(13)11-7(5-10(14)15)3-2-4-9(11)17-12/h2-4,16H,5-6H2,1H3,(H,14,15)/t12-/m0/s1. The van der Waals surface area contributed by atoms with Crippen LogP contribution >= 0.6 is 0 Å². The second-order valence-corrected chi connectivity index (χ2v) is 4.24. The van der Waals surface area contributed by atoms with Gasteiger partial charge in [0.2, 0.25) is 5.79 Å². The molecule has 2 N–H and O–H groups in total. The molecule has 1 aromatic carbocycles. The number of ether oxygens (including phenoxy) is 1. The van der Waals surface area contributed by atoms with Gasteiger partial charge in [-0.15, -0.1) is 0 Å². The summed E-state index contributed by atoms with van der Waals surface area (Å²) < 4.78 is 5.25. The van der Waals surface area contributed by atoms with Gasteiger partial charge in [0.1, 0.15) is 5.75 Å². The Morgan fingerprint density at radius 1 is 1.53 bits per heavy atom. The molecule has 17 heavy (non-hydrogen) atoms. The molecule has 5 heteroatoms. The third-order valence-corrected chi connectivity index (χ3v) is 2.55. The Labute approximate surface area is 97.6 Å². The fraction of sp³-hybridized carbons (Fsp3) is 0.333. The van der Waals surface area contributed by atoms with Crippen LogP contribution in [0.3, 0.4) is 0 Å². The zero-order chi connectivity index (χ0) is 12.6. The number of hydrogen-bond donors (Lipinski definition) is 2. The lowest BCUT2D eigenvalue weighted by Gasteiger charge is -2.30. The van der Waals surface area contributed by atoms with Crippen LogP contribution in [0.2, 0.25) is 0 Å². The van der Waals surface area contributed by atoms with Crippen LogP contribution in [0.1, 0.15) is 29.3 Å². The first-order chi connectivity index (χ1) is 7.89. The van der Waals surface area contributed by atoms with Gasteiger partial charge in [0.25, 0.3) is 0 Å². The summed E-state index contributed by atoms with van der Waals surface area (Å²) >= 11 is 0. The Morgan fingerprint density at radius 2 is 2.24 bits per heavy atom. The summed E-state index contributed by atoms with van der Waals surface area (Å²) in [6.45, 7) is 1.40. The smallest absolute Gasteiger partial charge is 0.307 e. The monoisotopic (exact) mass is 236 g/mol. The first-order valence-electron chi connectivity index (χ1n) is 5.17. The lowest BCUT2D eigenvalue weighted by atomic mass is 9.93. The minimum Gasteiger partial charge on any atom is -0.481 e. The SMILES string of the molecule is C[C@@]1(O)CC(=O)c2c(CC(=O)O)cccc2O1. The van der Waals surface area contributed by atoms with E-state index in [1.54, 1.807) is 18.2 Å².